The first-order valence-electron chi connectivity index (χ1n) is 6.98. The Bertz CT molecular complexity index is 363. The number of alkyl halides is 2. The van der Waals surface area contributed by atoms with Gasteiger partial charge in [0.15, 0.2) is 0 Å². The number of halogens is 2. The van der Waals surface area contributed by atoms with Gasteiger partial charge in [-0.25, -0.2) is 0 Å². The zero-order valence-corrected chi connectivity index (χ0v) is 13.4. The summed E-state index contributed by atoms with van der Waals surface area (Å²) in [5, 5.41) is 23.2. The number of amides is 1. The Kier molecular flexibility index (Phi) is 7.80. The molecule has 1 aliphatic rings. The maximum Gasteiger partial charge on any atom is 0.374 e. The van der Waals surface area contributed by atoms with Gasteiger partial charge in [-0.05, 0) is 32.0 Å². The van der Waals surface area contributed by atoms with E-state index in [0.717, 1.165) is 0 Å². The molecule has 1 aliphatic carbocycles. The van der Waals surface area contributed by atoms with Crippen LogP contribution in [0.5, 0.6) is 0 Å². The molecule has 120 valence electrons. The lowest BCUT2D eigenvalue weighted by Gasteiger charge is -2.34. The SMILES string of the molecule is CB(O)NCC(=O)NC(CC(=O)O)C1CC(Cl)CC(Cl)C1. The fraction of sp³-hybridized carbons (Fsp3) is 0.833. The number of hydrogen-bond acceptors (Lipinski definition) is 4. The highest BCUT2D eigenvalue weighted by atomic mass is 35.5. The summed E-state index contributed by atoms with van der Waals surface area (Å²) in [7, 11) is -0.803. The number of aliphatic carboxylic acids is 1. The summed E-state index contributed by atoms with van der Waals surface area (Å²) in [5.41, 5.74) is 0. The van der Waals surface area contributed by atoms with Crippen LogP contribution in [0.4, 0.5) is 0 Å². The van der Waals surface area contributed by atoms with Gasteiger partial charge in [0.2, 0.25) is 5.91 Å². The molecule has 9 heteroatoms. The minimum atomic E-state index is -0.980. The molecule has 4 N–H and O–H groups in total. The molecule has 0 spiro atoms. The van der Waals surface area contributed by atoms with Gasteiger partial charge in [0.1, 0.15) is 0 Å². The second-order valence-electron chi connectivity index (χ2n) is 5.49. The Morgan fingerprint density at radius 1 is 1.29 bits per heavy atom. The fourth-order valence-electron chi connectivity index (χ4n) is 2.57. The average Bonchev–Trinajstić information content (AvgIpc) is 2.33. The van der Waals surface area contributed by atoms with E-state index in [9.17, 15) is 9.59 Å². The molecule has 0 saturated heterocycles. The monoisotopic (exact) mass is 338 g/mol. The van der Waals surface area contributed by atoms with Gasteiger partial charge in [0.05, 0.1) is 13.0 Å². The van der Waals surface area contributed by atoms with E-state index in [1.165, 1.54) is 6.82 Å². The van der Waals surface area contributed by atoms with Crippen molar-refractivity contribution in [2.75, 3.05) is 6.54 Å². The van der Waals surface area contributed by atoms with Crippen molar-refractivity contribution in [2.24, 2.45) is 5.92 Å². The number of rotatable bonds is 7. The predicted molar refractivity (Wildman–Crippen MR) is 82.6 cm³/mol. The van der Waals surface area contributed by atoms with Gasteiger partial charge in [-0.2, -0.15) is 0 Å². The van der Waals surface area contributed by atoms with Crippen LogP contribution in [0.3, 0.4) is 0 Å². The molecule has 0 aromatic rings. The summed E-state index contributed by atoms with van der Waals surface area (Å²) in [6.07, 6.45) is 1.79. The Labute approximate surface area is 134 Å². The van der Waals surface area contributed by atoms with Gasteiger partial charge >= 0.3 is 13.0 Å². The quantitative estimate of drug-likeness (QED) is 0.404. The number of carbonyl (C=O) groups is 2. The van der Waals surface area contributed by atoms with Gasteiger partial charge in [-0.15, -0.1) is 23.2 Å². The largest absolute Gasteiger partial charge is 0.481 e. The van der Waals surface area contributed by atoms with Crippen LogP contribution >= 0.6 is 23.2 Å². The molecule has 0 bridgehead atoms. The van der Waals surface area contributed by atoms with Crippen molar-refractivity contribution in [1.29, 1.82) is 0 Å². The van der Waals surface area contributed by atoms with Crippen molar-refractivity contribution < 1.29 is 19.7 Å². The second-order valence-corrected chi connectivity index (χ2v) is 6.72. The van der Waals surface area contributed by atoms with E-state index in [2.05, 4.69) is 10.5 Å². The van der Waals surface area contributed by atoms with Crippen molar-refractivity contribution in [2.45, 2.75) is 49.3 Å². The van der Waals surface area contributed by atoms with E-state index in [4.69, 9.17) is 33.3 Å². The molecule has 3 atom stereocenters. The number of nitrogens with one attached hydrogen (secondary N) is 2. The highest BCUT2D eigenvalue weighted by Gasteiger charge is 2.33. The van der Waals surface area contributed by atoms with Crippen LogP contribution in [0.2, 0.25) is 6.82 Å². The topological polar surface area (TPSA) is 98.7 Å². The molecule has 0 heterocycles. The first-order valence-corrected chi connectivity index (χ1v) is 7.86. The molecule has 0 aliphatic heterocycles. The van der Waals surface area contributed by atoms with Crippen LogP contribution < -0.4 is 10.5 Å². The van der Waals surface area contributed by atoms with Crippen molar-refractivity contribution in [3.8, 4) is 0 Å². The second kappa shape index (κ2) is 8.83. The third-order valence-electron chi connectivity index (χ3n) is 3.50. The zero-order chi connectivity index (χ0) is 16.0. The van der Waals surface area contributed by atoms with Crippen LogP contribution in [0, 0.1) is 5.92 Å². The number of carbonyl (C=O) groups excluding carboxylic acids is 1. The molecular weight excluding hydrogens is 318 g/mol. The Morgan fingerprint density at radius 3 is 2.33 bits per heavy atom. The highest BCUT2D eigenvalue weighted by molar-refractivity contribution is 6.45. The Morgan fingerprint density at radius 2 is 1.86 bits per heavy atom. The van der Waals surface area contributed by atoms with Gasteiger partial charge < -0.3 is 20.7 Å². The Balaban J connectivity index is 2.62. The number of hydrogen-bond donors (Lipinski definition) is 4. The van der Waals surface area contributed by atoms with E-state index in [-0.39, 0.29) is 35.5 Å². The van der Waals surface area contributed by atoms with E-state index in [0.29, 0.717) is 19.3 Å². The fourth-order valence-corrected chi connectivity index (χ4v) is 3.55. The first-order chi connectivity index (χ1) is 9.77. The maximum absolute atomic E-state index is 11.8. The summed E-state index contributed by atoms with van der Waals surface area (Å²) >= 11 is 12.3. The number of carboxylic acid groups (broad SMARTS) is 1. The molecular formula is C12H21BCl2N2O4. The highest BCUT2D eigenvalue weighted by Crippen LogP contribution is 2.34. The molecule has 21 heavy (non-hydrogen) atoms. The van der Waals surface area contributed by atoms with E-state index in [1.54, 1.807) is 0 Å². The van der Waals surface area contributed by atoms with Crippen molar-refractivity contribution in [3.63, 3.8) is 0 Å². The smallest absolute Gasteiger partial charge is 0.374 e. The zero-order valence-electron chi connectivity index (χ0n) is 11.9. The maximum atomic E-state index is 11.8. The lowest BCUT2D eigenvalue weighted by Crippen LogP contribution is -2.49. The van der Waals surface area contributed by atoms with Gasteiger partial charge in [0, 0.05) is 16.8 Å². The molecule has 0 aromatic heterocycles. The van der Waals surface area contributed by atoms with Crippen LogP contribution in [-0.2, 0) is 9.59 Å². The standard InChI is InChI=1S/C12H21BCl2N2O4/c1-13(21)16-6-11(18)17-10(5-12(19)20)7-2-8(14)4-9(15)3-7/h7-10,16,21H,2-6H2,1H3,(H,17,18)(H,19,20). The van der Waals surface area contributed by atoms with E-state index >= 15 is 0 Å². The summed E-state index contributed by atoms with van der Waals surface area (Å²) in [6.45, 7) is 1.43. The molecule has 1 amide bonds. The van der Waals surface area contributed by atoms with Crippen LogP contribution in [-0.4, -0.2) is 52.4 Å². The summed E-state index contributed by atoms with van der Waals surface area (Å²) in [4.78, 5) is 22.8. The van der Waals surface area contributed by atoms with E-state index in [1.807, 2.05) is 0 Å². The Hall–Kier alpha value is -0.495. The van der Waals surface area contributed by atoms with Crippen molar-refractivity contribution >= 4 is 42.1 Å². The molecule has 1 fully saturated rings. The third kappa shape index (κ3) is 7.36. The van der Waals surface area contributed by atoms with Gasteiger partial charge in [0.25, 0.3) is 0 Å². The van der Waals surface area contributed by atoms with Crippen LogP contribution in [0.15, 0.2) is 0 Å². The van der Waals surface area contributed by atoms with Crippen LogP contribution in [0.1, 0.15) is 25.7 Å². The average molecular weight is 339 g/mol. The molecule has 1 saturated carbocycles. The van der Waals surface area contributed by atoms with Crippen molar-refractivity contribution in [3.05, 3.63) is 0 Å². The molecule has 0 radical (unpaired) electrons. The normalized spacial score (nSPS) is 27.0. The lowest BCUT2D eigenvalue weighted by molar-refractivity contribution is -0.138. The minimum absolute atomic E-state index is 0.0599. The van der Waals surface area contributed by atoms with E-state index < -0.39 is 19.1 Å². The predicted octanol–water partition coefficient (Wildman–Crippen LogP) is 0.661. The van der Waals surface area contributed by atoms with Crippen molar-refractivity contribution in [1.82, 2.24) is 10.5 Å². The molecule has 1 rings (SSSR count). The van der Waals surface area contributed by atoms with Crippen LogP contribution in [0.25, 0.3) is 0 Å². The summed E-state index contributed by atoms with van der Waals surface area (Å²) < 4.78 is 0. The number of carboxylic acids is 1. The molecule has 6 nitrogen and oxygen atoms in total. The summed E-state index contributed by atoms with van der Waals surface area (Å²) in [6, 6.07) is -0.506. The summed E-state index contributed by atoms with van der Waals surface area (Å²) in [5.74, 6) is -1.40. The first kappa shape index (κ1) is 18.6. The third-order valence-corrected chi connectivity index (χ3v) is 4.21. The molecule has 3 unspecified atom stereocenters. The van der Waals surface area contributed by atoms with Gasteiger partial charge in [-0.1, -0.05) is 0 Å². The minimum Gasteiger partial charge on any atom is -0.481 e. The molecule has 0 aromatic carbocycles. The van der Waals surface area contributed by atoms with Gasteiger partial charge in [-0.3, -0.25) is 9.59 Å². The lowest BCUT2D eigenvalue weighted by atomic mass is 9.82.